The quantitative estimate of drug-likeness (QED) is 0.938. The lowest BCUT2D eigenvalue weighted by Gasteiger charge is -2.33. The number of nitrogens with zero attached hydrogens (tertiary/aromatic N) is 3. The number of nitrogens with one attached hydrogen (secondary N) is 1. The fourth-order valence-electron chi connectivity index (χ4n) is 2.94. The van der Waals surface area contributed by atoms with Crippen LogP contribution in [-0.4, -0.2) is 33.2 Å². The Bertz CT molecular complexity index is 555. The molecular weight excluding hydrogens is 260 g/mol. The van der Waals surface area contributed by atoms with E-state index < -0.39 is 0 Å². The molecule has 4 heteroatoms. The minimum absolute atomic E-state index is 0.304. The molecule has 1 N–H and O–H groups in total. The third kappa shape index (κ3) is 3.50. The zero-order chi connectivity index (χ0) is 14.7. The maximum atomic E-state index is 4.69. The second-order valence-corrected chi connectivity index (χ2v) is 6.20. The highest BCUT2D eigenvalue weighted by Crippen LogP contribution is 2.24. The number of aromatic amines is 1. The fourth-order valence-corrected chi connectivity index (χ4v) is 2.94. The smallest absolute Gasteiger partial charge is 0.167 e. The molecule has 0 spiro atoms. The van der Waals surface area contributed by atoms with Gasteiger partial charge in [-0.25, -0.2) is 4.98 Å². The maximum absolute atomic E-state index is 4.69. The molecule has 1 aromatic heterocycles. The predicted octanol–water partition coefficient (Wildman–Crippen LogP) is 3.19. The van der Waals surface area contributed by atoms with Gasteiger partial charge in [0.15, 0.2) is 5.82 Å². The molecule has 112 valence electrons. The van der Waals surface area contributed by atoms with Gasteiger partial charge < -0.3 is 0 Å². The Morgan fingerprint density at radius 3 is 2.67 bits per heavy atom. The van der Waals surface area contributed by atoms with Crippen molar-refractivity contribution in [1.29, 1.82) is 0 Å². The van der Waals surface area contributed by atoms with Gasteiger partial charge in [-0.05, 0) is 44.3 Å². The zero-order valence-corrected chi connectivity index (χ0v) is 12.9. The predicted molar refractivity (Wildman–Crippen MR) is 84.0 cm³/mol. The summed E-state index contributed by atoms with van der Waals surface area (Å²) in [5.74, 6) is 2.73. The van der Waals surface area contributed by atoms with E-state index in [9.17, 15) is 0 Å². The SMILES string of the molecule is CC1CCN(C(C)c2n[nH]c(Cc3ccccc3)n2)CC1. The van der Waals surface area contributed by atoms with Gasteiger partial charge in [0.1, 0.15) is 5.82 Å². The first-order valence-electron chi connectivity index (χ1n) is 7.91. The van der Waals surface area contributed by atoms with Crippen molar-refractivity contribution in [2.24, 2.45) is 5.92 Å². The van der Waals surface area contributed by atoms with Crippen molar-refractivity contribution in [3.05, 3.63) is 47.5 Å². The number of benzene rings is 1. The molecule has 0 amide bonds. The van der Waals surface area contributed by atoms with Gasteiger partial charge >= 0.3 is 0 Å². The molecule has 0 radical (unpaired) electrons. The lowest BCUT2D eigenvalue weighted by Crippen LogP contribution is -2.35. The molecule has 4 nitrogen and oxygen atoms in total. The summed E-state index contributed by atoms with van der Waals surface area (Å²) in [6.07, 6.45) is 3.38. The van der Waals surface area contributed by atoms with E-state index in [4.69, 9.17) is 4.98 Å². The Morgan fingerprint density at radius 1 is 1.24 bits per heavy atom. The van der Waals surface area contributed by atoms with Crippen LogP contribution in [0.5, 0.6) is 0 Å². The van der Waals surface area contributed by atoms with Crippen molar-refractivity contribution in [2.45, 2.75) is 39.2 Å². The average Bonchev–Trinajstić information content (AvgIpc) is 2.97. The number of rotatable bonds is 4. The van der Waals surface area contributed by atoms with Gasteiger partial charge in [-0.15, -0.1) is 0 Å². The molecular formula is C17H24N4. The molecule has 1 fully saturated rings. The minimum Gasteiger partial charge on any atom is -0.294 e. The van der Waals surface area contributed by atoms with Gasteiger partial charge in [0, 0.05) is 6.42 Å². The summed E-state index contributed by atoms with van der Waals surface area (Å²) in [4.78, 5) is 7.19. The summed E-state index contributed by atoms with van der Waals surface area (Å²) in [5, 5.41) is 7.52. The molecule has 1 aromatic carbocycles. The third-order valence-corrected chi connectivity index (χ3v) is 4.50. The summed E-state index contributed by atoms with van der Waals surface area (Å²) in [6.45, 7) is 6.87. The van der Waals surface area contributed by atoms with Crippen molar-refractivity contribution >= 4 is 0 Å². The van der Waals surface area contributed by atoms with Gasteiger partial charge in [-0.3, -0.25) is 10.00 Å². The number of aromatic nitrogens is 3. The monoisotopic (exact) mass is 284 g/mol. The largest absolute Gasteiger partial charge is 0.294 e. The lowest BCUT2D eigenvalue weighted by molar-refractivity contribution is 0.142. The highest BCUT2D eigenvalue weighted by Gasteiger charge is 2.23. The fraction of sp³-hybridized carbons (Fsp3) is 0.529. The lowest BCUT2D eigenvalue weighted by atomic mass is 9.98. The molecule has 0 bridgehead atoms. The van der Waals surface area contributed by atoms with Gasteiger partial charge in [0.2, 0.25) is 0 Å². The summed E-state index contributed by atoms with van der Waals surface area (Å²) < 4.78 is 0. The van der Waals surface area contributed by atoms with Crippen LogP contribution in [0, 0.1) is 5.92 Å². The van der Waals surface area contributed by atoms with Crippen LogP contribution < -0.4 is 0 Å². The number of hydrogen-bond donors (Lipinski definition) is 1. The molecule has 0 aliphatic carbocycles. The summed E-state index contributed by atoms with van der Waals surface area (Å²) in [5.41, 5.74) is 1.26. The molecule has 21 heavy (non-hydrogen) atoms. The molecule has 1 atom stereocenters. The van der Waals surface area contributed by atoms with Crippen LogP contribution in [0.4, 0.5) is 0 Å². The number of piperidine rings is 1. The van der Waals surface area contributed by atoms with E-state index in [1.54, 1.807) is 0 Å². The van der Waals surface area contributed by atoms with Crippen molar-refractivity contribution in [3.63, 3.8) is 0 Å². The zero-order valence-electron chi connectivity index (χ0n) is 12.9. The van der Waals surface area contributed by atoms with Crippen LogP contribution in [0.1, 0.15) is 49.9 Å². The van der Waals surface area contributed by atoms with E-state index >= 15 is 0 Å². The minimum atomic E-state index is 0.304. The summed E-state index contributed by atoms with van der Waals surface area (Å²) >= 11 is 0. The van der Waals surface area contributed by atoms with Crippen LogP contribution in [0.3, 0.4) is 0 Å². The van der Waals surface area contributed by atoms with Gasteiger partial charge in [0.05, 0.1) is 6.04 Å². The van der Waals surface area contributed by atoms with Crippen molar-refractivity contribution in [2.75, 3.05) is 13.1 Å². The molecule has 1 aliphatic heterocycles. The van der Waals surface area contributed by atoms with E-state index in [1.807, 2.05) is 6.07 Å². The first-order valence-corrected chi connectivity index (χ1v) is 7.91. The van der Waals surface area contributed by atoms with E-state index in [0.29, 0.717) is 6.04 Å². The van der Waals surface area contributed by atoms with Crippen molar-refractivity contribution in [3.8, 4) is 0 Å². The molecule has 3 rings (SSSR count). The standard InChI is InChI=1S/C17H24N4/c1-13-8-10-21(11-9-13)14(2)17-18-16(19-20-17)12-15-6-4-3-5-7-15/h3-7,13-14H,8-12H2,1-2H3,(H,18,19,20). The van der Waals surface area contributed by atoms with E-state index in [1.165, 1.54) is 18.4 Å². The summed E-state index contributed by atoms with van der Waals surface area (Å²) in [6, 6.07) is 10.7. The Balaban J connectivity index is 1.64. The molecule has 2 heterocycles. The maximum Gasteiger partial charge on any atom is 0.167 e. The molecule has 1 unspecified atom stereocenters. The van der Waals surface area contributed by atoms with Gasteiger partial charge in [-0.2, -0.15) is 5.10 Å². The third-order valence-electron chi connectivity index (χ3n) is 4.50. The molecule has 1 aliphatic rings. The Hall–Kier alpha value is -1.68. The second-order valence-electron chi connectivity index (χ2n) is 6.20. The number of likely N-dealkylation sites (tertiary alicyclic amines) is 1. The topological polar surface area (TPSA) is 44.8 Å². The number of hydrogen-bond acceptors (Lipinski definition) is 3. The Morgan fingerprint density at radius 2 is 1.95 bits per heavy atom. The molecule has 1 saturated heterocycles. The van der Waals surface area contributed by atoms with Crippen LogP contribution in [0.25, 0.3) is 0 Å². The first-order chi connectivity index (χ1) is 10.2. The van der Waals surface area contributed by atoms with E-state index in [-0.39, 0.29) is 0 Å². The van der Waals surface area contributed by atoms with E-state index in [2.05, 4.69) is 53.2 Å². The normalized spacial score (nSPS) is 18.8. The number of H-pyrrole nitrogens is 1. The van der Waals surface area contributed by atoms with Crippen molar-refractivity contribution in [1.82, 2.24) is 20.1 Å². The van der Waals surface area contributed by atoms with E-state index in [0.717, 1.165) is 37.1 Å². The summed E-state index contributed by atoms with van der Waals surface area (Å²) in [7, 11) is 0. The van der Waals surface area contributed by atoms with Crippen LogP contribution >= 0.6 is 0 Å². The van der Waals surface area contributed by atoms with Gasteiger partial charge in [-0.1, -0.05) is 37.3 Å². The highest BCUT2D eigenvalue weighted by molar-refractivity contribution is 5.18. The van der Waals surface area contributed by atoms with Gasteiger partial charge in [0.25, 0.3) is 0 Å². The molecule has 2 aromatic rings. The first kappa shape index (κ1) is 14.3. The Kier molecular flexibility index (Phi) is 4.34. The van der Waals surface area contributed by atoms with Crippen molar-refractivity contribution < 1.29 is 0 Å². The van der Waals surface area contributed by atoms with Crippen LogP contribution in [-0.2, 0) is 6.42 Å². The second kappa shape index (κ2) is 6.39. The highest BCUT2D eigenvalue weighted by atomic mass is 15.3. The molecule has 0 saturated carbocycles. The van der Waals surface area contributed by atoms with Crippen LogP contribution in [0.15, 0.2) is 30.3 Å². The Labute approximate surface area is 126 Å². The average molecular weight is 284 g/mol. The van der Waals surface area contributed by atoms with Crippen LogP contribution in [0.2, 0.25) is 0 Å².